The van der Waals surface area contributed by atoms with E-state index in [-0.39, 0.29) is 0 Å². The number of benzene rings is 1. The van der Waals surface area contributed by atoms with Crippen LogP contribution in [0.2, 0.25) is 0 Å². The fourth-order valence-electron chi connectivity index (χ4n) is 2.00. The van der Waals surface area contributed by atoms with Gasteiger partial charge in [-0.1, -0.05) is 12.1 Å². The van der Waals surface area contributed by atoms with Crippen molar-refractivity contribution >= 4 is 11.8 Å². The summed E-state index contributed by atoms with van der Waals surface area (Å²) in [5.74, 6) is 3.21. The third-order valence-electron chi connectivity index (χ3n) is 2.95. The lowest BCUT2D eigenvalue weighted by molar-refractivity contribution is 0.296. The van der Waals surface area contributed by atoms with Crippen molar-refractivity contribution in [3.63, 3.8) is 0 Å². The summed E-state index contributed by atoms with van der Waals surface area (Å²) in [6.45, 7) is 3.07. The number of thioether (sulfide) groups is 1. The molecule has 100 valence electrons. The van der Waals surface area contributed by atoms with Gasteiger partial charge in [0.2, 0.25) is 0 Å². The highest BCUT2D eigenvalue weighted by Crippen LogP contribution is 2.25. The van der Waals surface area contributed by atoms with Gasteiger partial charge in [0.15, 0.2) is 0 Å². The minimum atomic E-state index is 0.303. The van der Waals surface area contributed by atoms with Crippen LogP contribution in [-0.2, 0) is 13.0 Å². The molecular weight excluding hydrogens is 246 g/mol. The topological polar surface area (TPSA) is 41.5 Å². The van der Waals surface area contributed by atoms with Crippen LogP contribution in [0, 0.1) is 0 Å². The maximum Gasteiger partial charge on any atom is 0.122 e. The molecule has 0 amide bonds. The Morgan fingerprint density at radius 3 is 3.17 bits per heavy atom. The van der Waals surface area contributed by atoms with E-state index in [0.29, 0.717) is 6.61 Å². The lowest BCUT2D eigenvalue weighted by Crippen LogP contribution is -2.16. The minimum absolute atomic E-state index is 0.303. The van der Waals surface area contributed by atoms with Gasteiger partial charge in [-0.2, -0.15) is 11.8 Å². The van der Waals surface area contributed by atoms with E-state index in [4.69, 9.17) is 9.84 Å². The van der Waals surface area contributed by atoms with Crippen LogP contribution < -0.4 is 10.1 Å². The van der Waals surface area contributed by atoms with Gasteiger partial charge >= 0.3 is 0 Å². The number of aliphatic hydroxyl groups excluding tert-OH is 1. The van der Waals surface area contributed by atoms with E-state index in [2.05, 4.69) is 23.5 Å². The maximum absolute atomic E-state index is 8.66. The number of nitrogens with one attached hydrogen (secondary N) is 1. The quantitative estimate of drug-likeness (QED) is 0.705. The molecule has 0 unspecified atom stereocenters. The van der Waals surface area contributed by atoms with Gasteiger partial charge in [0.25, 0.3) is 0 Å². The highest BCUT2D eigenvalue weighted by molar-refractivity contribution is 7.99. The summed E-state index contributed by atoms with van der Waals surface area (Å²) in [5.41, 5.74) is 2.67. The molecule has 0 spiro atoms. The molecule has 4 heteroatoms. The molecule has 0 aromatic heterocycles. The van der Waals surface area contributed by atoms with Crippen LogP contribution in [0.1, 0.15) is 17.5 Å². The van der Waals surface area contributed by atoms with E-state index in [0.717, 1.165) is 49.8 Å². The third kappa shape index (κ3) is 4.19. The van der Waals surface area contributed by atoms with Crippen molar-refractivity contribution < 1.29 is 9.84 Å². The van der Waals surface area contributed by atoms with Crippen molar-refractivity contribution in [3.8, 4) is 5.75 Å². The summed E-state index contributed by atoms with van der Waals surface area (Å²) in [5, 5.41) is 12.1. The predicted molar refractivity (Wildman–Crippen MR) is 76.4 cm³/mol. The molecule has 2 N–H and O–H groups in total. The molecule has 0 aliphatic carbocycles. The molecule has 0 saturated heterocycles. The van der Waals surface area contributed by atoms with Crippen LogP contribution in [0.25, 0.3) is 0 Å². The van der Waals surface area contributed by atoms with Crippen LogP contribution in [0.3, 0.4) is 0 Å². The van der Waals surface area contributed by atoms with E-state index >= 15 is 0 Å². The summed E-state index contributed by atoms with van der Waals surface area (Å²) >= 11 is 1.89. The Morgan fingerprint density at radius 1 is 1.33 bits per heavy atom. The predicted octanol–water partition coefficient (Wildman–Crippen LogP) is 1.83. The molecule has 0 fully saturated rings. The lowest BCUT2D eigenvalue weighted by atomic mass is 10.1. The second kappa shape index (κ2) is 7.67. The first-order valence-corrected chi connectivity index (χ1v) is 7.69. The number of aliphatic hydroxyl groups is 1. The van der Waals surface area contributed by atoms with E-state index in [1.165, 1.54) is 11.1 Å². The Balaban J connectivity index is 1.62. The highest BCUT2D eigenvalue weighted by Gasteiger charge is 2.11. The SMILES string of the molecule is OCCCSCCNCc1ccc2c(c1)CCO2. The molecule has 1 aliphatic rings. The van der Waals surface area contributed by atoms with Crippen LogP contribution in [-0.4, -0.2) is 36.4 Å². The van der Waals surface area contributed by atoms with Crippen molar-refractivity contribution in [2.24, 2.45) is 0 Å². The Hall–Kier alpha value is -0.710. The number of ether oxygens (including phenoxy) is 1. The van der Waals surface area contributed by atoms with Gasteiger partial charge in [0.1, 0.15) is 5.75 Å². The van der Waals surface area contributed by atoms with Gasteiger partial charge in [-0.3, -0.25) is 0 Å². The average Bonchev–Trinajstić information content (AvgIpc) is 2.85. The molecule has 1 heterocycles. The molecule has 1 aromatic carbocycles. The zero-order chi connectivity index (χ0) is 12.6. The molecule has 0 atom stereocenters. The van der Waals surface area contributed by atoms with E-state index in [1.807, 2.05) is 11.8 Å². The fourth-order valence-corrected chi connectivity index (χ4v) is 2.82. The van der Waals surface area contributed by atoms with Crippen molar-refractivity contribution in [1.29, 1.82) is 0 Å². The Kier molecular flexibility index (Phi) is 5.84. The summed E-state index contributed by atoms with van der Waals surface area (Å²) < 4.78 is 5.49. The van der Waals surface area contributed by atoms with Gasteiger partial charge in [-0.25, -0.2) is 0 Å². The zero-order valence-electron chi connectivity index (χ0n) is 10.7. The number of rotatable bonds is 8. The first kappa shape index (κ1) is 13.7. The average molecular weight is 267 g/mol. The van der Waals surface area contributed by atoms with E-state index < -0.39 is 0 Å². The van der Waals surface area contributed by atoms with Crippen LogP contribution in [0.5, 0.6) is 5.75 Å². The van der Waals surface area contributed by atoms with Gasteiger partial charge < -0.3 is 15.2 Å². The number of hydrogen-bond acceptors (Lipinski definition) is 4. The van der Waals surface area contributed by atoms with Crippen molar-refractivity contribution in [2.75, 3.05) is 31.3 Å². The van der Waals surface area contributed by atoms with E-state index in [1.54, 1.807) is 0 Å². The standard InChI is InChI=1S/C14H21NO2S/c16-6-1-8-18-9-5-15-11-12-2-3-14-13(10-12)4-7-17-14/h2-3,10,15-16H,1,4-9,11H2. The molecule has 18 heavy (non-hydrogen) atoms. The lowest BCUT2D eigenvalue weighted by Gasteiger charge is -2.06. The highest BCUT2D eigenvalue weighted by atomic mass is 32.2. The number of hydrogen-bond donors (Lipinski definition) is 2. The van der Waals surface area contributed by atoms with Crippen LogP contribution >= 0.6 is 11.8 Å². The smallest absolute Gasteiger partial charge is 0.122 e. The van der Waals surface area contributed by atoms with Gasteiger partial charge in [-0.05, 0) is 29.4 Å². The second-order valence-electron chi connectivity index (χ2n) is 4.41. The fraction of sp³-hybridized carbons (Fsp3) is 0.571. The normalized spacial score (nSPS) is 13.4. The molecular formula is C14H21NO2S. The zero-order valence-corrected chi connectivity index (χ0v) is 11.5. The molecule has 0 radical (unpaired) electrons. The molecule has 3 nitrogen and oxygen atoms in total. The molecule has 2 rings (SSSR count). The largest absolute Gasteiger partial charge is 0.493 e. The minimum Gasteiger partial charge on any atom is -0.493 e. The molecule has 1 aliphatic heterocycles. The Bertz CT molecular complexity index is 371. The van der Waals surface area contributed by atoms with Crippen LogP contribution in [0.15, 0.2) is 18.2 Å². The summed E-state index contributed by atoms with van der Waals surface area (Å²) in [4.78, 5) is 0. The van der Waals surface area contributed by atoms with Crippen molar-refractivity contribution in [3.05, 3.63) is 29.3 Å². The van der Waals surface area contributed by atoms with Crippen LogP contribution in [0.4, 0.5) is 0 Å². The van der Waals surface area contributed by atoms with Gasteiger partial charge in [-0.15, -0.1) is 0 Å². The number of fused-ring (bicyclic) bond motifs is 1. The summed E-state index contributed by atoms with van der Waals surface area (Å²) in [6.07, 6.45) is 1.94. The third-order valence-corrected chi connectivity index (χ3v) is 4.02. The Morgan fingerprint density at radius 2 is 2.28 bits per heavy atom. The molecule has 1 aromatic rings. The first-order valence-electron chi connectivity index (χ1n) is 6.54. The molecule has 0 bridgehead atoms. The van der Waals surface area contributed by atoms with Crippen molar-refractivity contribution in [2.45, 2.75) is 19.4 Å². The van der Waals surface area contributed by atoms with E-state index in [9.17, 15) is 0 Å². The van der Waals surface area contributed by atoms with Gasteiger partial charge in [0, 0.05) is 31.9 Å². The summed E-state index contributed by atoms with van der Waals surface area (Å²) in [7, 11) is 0. The maximum atomic E-state index is 8.66. The summed E-state index contributed by atoms with van der Waals surface area (Å²) in [6, 6.07) is 6.46. The molecule has 0 saturated carbocycles. The second-order valence-corrected chi connectivity index (χ2v) is 5.63. The Labute approximate surface area is 113 Å². The monoisotopic (exact) mass is 267 g/mol. The van der Waals surface area contributed by atoms with Crippen molar-refractivity contribution in [1.82, 2.24) is 5.32 Å². The van der Waals surface area contributed by atoms with Gasteiger partial charge in [0.05, 0.1) is 6.61 Å². The first-order chi connectivity index (χ1) is 8.90.